The molecule has 7 nitrogen and oxygen atoms in total. The summed E-state index contributed by atoms with van der Waals surface area (Å²) in [5.74, 6) is 2.65. The standard InChI is InChI=1S/C20H26N4O3/c1-24(12-11-18-22-19(27-23-18)14-9-10-14)20(25)21-15-5-4-8-17(13-15)26-16-6-2-3-7-16/h4-5,8,13-14,16H,2-3,6-7,9-12H2,1H3,(H,21,25). The third-order valence-corrected chi connectivity index (χ3v) is 5.12. The molecule has 2 aliphatic carbocycles. The number of likely N-dealkylation sites (N-methyl/N-ethyl adjacent to an activating group) is 1. The summed E-state index contributed by atoms with van der Waals surface area (Å²) < 4.78 is 11.2. The van der Waals surface area contributed by atoms with E-state index in [1.165, 1.54) is 12.8 Å². The second kappa shape index (κ2) is 7.98. The lowest BCUT2D eigenvalue weighted by Gasteiger charge is -2.18. The normalized spacial score (nSPS) is 17.1. The lowest BCUT2D eigenvalue weighted by atomic mass is 10.2. The lowest BCUT2D eigenvalue weighted by molar-refractivity contribution is 0.210. The van der Waals surface area contributed by atoms with Gasteiger partial charge in [-0.25, -0.2) is 4.79 Å². The molecule has 2 aliphatic rings. The number of hydrogen-bond donors (Lipinski definition) is 1. The van der Waals surface area contributed by atoms with Crippen LogP contribution in [0, 0.1) is 0 Å². The molecule has 2 fully saturated rings. The van der Waals surface area contributed by atoms with E-state index in [-0.39, 0.29) is 6.03 Å². The van der Waals surface area contributed by atoms with Crippen molar-refractivity contribution < 1.29 is 14.1 Å². The van der Waals surface area contributed by atoms with E-state index < -0.39 is 0 Å². The summed E-state index contributed by atoms with van der Waals surface area (Å²) in [5.41, 5.74) is 0.734. The zero-order valence-corrected chi connectivity index (χ0v) is 15.7. The molecule has 0 saturated heterocycles. The third kappa shape index (κ3) is 4.78. The Morgan fingerprint density at radius 1 is 1.30 bits per heavy atom. The Morgan fingerprint density at radius 2 is 2.11 bits per heavy atom. The summed E-state index contributed by atoms with van der Waals surface area (Å²) in [4.78, 5) is 18.4. The second-order valence-electron chi connectivity index (χ2n) is 7.48. The van der Waals surface area contributed by atoms with E-state index in [0.29, 0.717) is 30.8 Å². The topological polar surface area (TPSA) is 80.5 Å². The molecular weight excluding hydrogens is 344 g/mol. The molecule has 1 aromatic carbocycles. The van der Waals surface area contributed by atoms with Crippen molar-refractivity contribution in [1.82, 2.24) is 15.0 Å². The molecule has 2 aromatic rings. The quantitative estimate of drug-likeness (QED) is 0.797. The molecular formula is C20H26N4O3. The van der Waals surface area contributed by atoms with E-state index in [1.54, 1.807) is 11.9 Å². The second-order valence-corrected chi connectivity index (χ2v) is 7.48. The predicted molar refractivity (Wildman–Crippen MR) is 101 cm³/mol. The maximum atomic E-state index is 12.4. The minimum absolute atomic E-state index is 0.168. The molecule has 2 amide bonds. The molecule has 0 radical (unpaired) electrons. The SMILES string of the molecule is CN(CCc1noc(C2CC2)n1)C(=O)Nc1cccc(OC2CCCC2)c1. The van der Waals surface area contributed by atoms with Crippen LogP contribution < -0.4 is 10.1 Å². The van der Waals surface area contributed by atoms with Crippen LogP contribution in [0.5, 0.6) is 5.75 Å². The molecule has 0 atom stereocenters. The van der Waals surface area contributed by atoms with Gasteiger partial charge in [-0.2, -0.15) is 4.98 Å². The van der Waals surface area contributed by atoms with Gasteiger partial charge in [-0.3, -0.25) is 0 Å². The van der Waals surface area contributed by atoms with Gasteiger partial charge in [0.05, 0.1) is 6.10 Å². The molecule has 1 heterocycles. The van der Waals surface area contributed by atoms with Gasteiger partial charge in [-0.05, 0) is 50.7 Å². The molecule has 0 spiro atoms. The van der Waals surface area contributed by atoms with Crippen molar-refractivity contribution in [3.63, 3.8) is 0 Å². The summed E-state index contributed by atoms with van der Waals surface area (Å²) in [5, 5.41) is 6.91. The van der Waals surface area contributed by atoms with Crippen LogP contribution in [0.3, 0.4) is 0 Å². The largest absolute Gasteiger partial charge is 0.490 e. The fourth-order valence-corrected chi connectivity index (χ4v) is 3.30. The summed E-state index contributed by atoms with van der Waals surface area (Å²) >= 11 is 0. The van der Waals surface area contributed by atoms with E-state index in [1.807, 2.05) is 24.3 Å². The van der Waals surface area contributed by atoms with Crippen LogP contribution in [0.1, 0.15) is 56.2 Å². The number of nitrogens with zero attached hydrogens (tertiary/aromatic N) is 3. The highest BCUT2D eigenvalue weighted by Gasteiger charge is 2.29. The van der Waals surface area contributed by atoms with Gasteiger partial charge in [0.25, 0.3) is 0 Å². The molecule has 144 valence electrons. The lowest BCUT2D eigenvalue weighted by Crippen LogP contribution is -2.33. The van der Waals surface area contributed by atoms with Crippen LogP contribution in [0.25, 0.3) is 0 Å². The molecule has 27 heavy (non-hydrogen) atoms. The van der Waals surface area contributed by atoms with Crippen LogP contribution >= 0.6 is 0 Å². The Hall–Kier alpha value is -2.57. The highest BCUT2D eigenvalue weighted by atomic mass is 16.5. The fraction of sp³-hybridized carbons (Fsp3) is 0.550. The van der Waals surface area contributed by atoms with E-state index in [2.05, 4.69) is 15.5 Å². The number of carbonyl (C=O) groups excluding carboxylic acids is 1. The first-order valence-corrected chi connectivity index (χ1v) is 9.79. The van der Waals surface area contributed by atoms with Gasteiger partial charge in [-0.15, -0.1) is 0 Å². The Bertz CT molecular complexity index is 781. The van der Waals surface area contributed by atoms with Gasteiger partial charge in [0, 0.05) is 37.7 Å². The number of rotatable bonds is 7. The molecule has 7 heteroatoms. The molecule has 4 rings (SSSR count). The Kier molecular flexibility index (Phi) is 5.27. The predicted octanol–water partition coefficient (Wildman–Crippen LogP) is 3.97. The van der Waals surface area contributed by atoms with Crippen LogP contribution in [0.4, 0.5) is 10.5 Å². The average molecular weight is 370 g/mol. The number of carbonyl (C=O) groups is 1. The Balaban J connectivity index is 1.27. The first-order chi connectivity index (χ1) is 13.2. The Morgan fingerprint density at radius 3 is 2.89 bits per heavy atom. The van der Waals surface area contributed by atoms with Crippen molar-refractivity contribution in [3.05, 3.63) is 36.0 Å². The first-order valence-electron chi connectivity index (χ1n) is 9.79. The average Bonchev–Trinajstić information content (AvgIpc) is 3.18. The summed E-state index contributed by atoms with van der Waals surface area (Å²) in [6, 6.07) is 7.42. The fourth-order valence-electron chi connectivity index (χ4n) is 3.30. The molecule has 0 unspecified atom stereocenters. The number of benzene rings is 1. The smallest absolute Gasteiger partial charge is 0.321 e. The summed E-state index contributed by atoms with van der Waals surface area (Å²) in [6.45, 7) is 0.522. The number of urea groups is 1. The van der Waals surface area contributed by atoms with Crippen molar-refractivity contribution in [1.29, 1.82) is 0 Å². The molecule has 0 bridgehead atoms. The van der Waals surface area contributed by atoms with E-state index >= 15 is 0 Å². The zero-order valence-electron chi connectivity index (χ0n) is 15.7. The number of anilines is 1. The number of hydrogen-bond acceptors (Lipinski definition) is 5. The van der Waals surface area contributed by atoms with Crippen LogP contribution in [0.2, 0.25) is 0 Å². The van der Waals surface area contributed by atoms with Crippen molar-refractivity contribution in [2.45, 2.75) is 57.0 Å². The van der Waals surface area contributed by atoms with E-state index in [9.17, 15) is 4.79 Å². The zero-order chi connectivity index (χ0) is 18.6. The van der Waals surface area contributed by atoms with Gasteiger partial charge in [0.15, 0.2) is 5.82 Å². The van der Waals surface area contributed by atoms with Crippen LogP contribution in [-0.2, 0) is 6.42 Å². The molecule has 1 aromatic heterocycles. The third-order valence-electron chi connectivity index (χ3n) is 5.12. The van der Waals surface area contributed by atoms with Crippen molar-refractivity contribution in [3.8, 4) is 5.75 Å². The Labute approximate surface area is 159 Å². The van der Waals surface area contributed by atoms with Gasteiger partial charge >= 0.3 is 6.03 Å². The minimum Gasteiger partial charge on any atom is -0.490 e. The number of amides is 2. The summed E-state index contributed by atoms with van der Waals surface area (Å²) in [7, 11) is 1.76. The van der Waals surface area contributed by atoms with Gasteiger partial charge in [0.1, 0.15) is 5.75 Å². The van der Waals surface area contributed by atoms with Crippen molar-refractivity contribution in [2.24, 2.45) is 0 Å². The minimum atomic E-state index is -0.168. The van der Waals surface area contributed by atoms with Gasteiger partial charge in [-0.1, -0.05) is 11.2 Å². The van der Waals surface area contributed by atoms with Gasteiger partial charge < -0.3 is 19.5 Å². The maximum absolute atomic E-state index is 12.4. The molecule has 0 aliphatic heterocycles. The summed E-state index contributed by atoms with van der Waals surface area (Å²) in [6.07, 6.45) is 7.82. The highest BCUT2D eigenvalue weighted by molar-refractivity contribution is 5.89. The number of aromatic nitrogens is 2. The van der Waals surface area contributed by atoms with Crippen molar-refractivity contribution >= 4 is 11.7 Å². The van der Waals surface area contributed by atoms with E-state index in [4.69, 9.17) is 9.26 Å². The first kappa shape index (κ1) is 17.8. The molecule has 2 saturated carbocycles. The van der Waals surface area contributed by atoms with Crippen LogP contribution in [0.15, 0.2) is 28.8 Å². The van der Waals surface area contributed by atoms with Crippen molar-refractivity contribution in [2.75, 3.05) is 18.9 Å². The monoisotopic (exact) mass is 370 g/mol. The van der Waals surface area contributed by atoms with Crippen LogP contribution in [-0.4, -0.2) is 40.8 Å². The molecule has 1 N–H and O–H groups in total. The number of nitrogens with one attached hydrogen (secondary N) is 1. The number of ether oxygens (including phenoxy) is 1. The van der Waals surface area contributed by atoms with Gasteiger partial charge in [0.2, 0.25) is 5.89 Å². The maximum Gasteiger partial charge on any atom is 0.321 e. The van der Waals surface area contributed by atoms with E-state index in [0.717, 1.165) is 43.0 Å². The highest BCUT2D eigenvalue weighted by Crippen LogP contribution is 2.38.